The molecule has 0 N–H and O–H groups in total. The fourth-order valence-electron chi connectivity index (χ4n) is 3.56. The molecule has 0 bridgehead atoms. The lowest BCUT2D eigenvalue weighted by molar-refractivity contribution is -0.479. The number of aryl methyl sites for hydroxylation is 1. The molecule has 4 rings (SSSR count). The molecule has 1 aromatic heterocycles. The summed E-state index contributed by atoms with van der Waals surface area (Å²) in [5.74, 6) is 1.62. The molecule has 0 saturated carbocycles. The summed E-state index contributed by atoms with van der Waals surface area (Å²) in [4.78, 5) is 11.2. The molecule has 1 atom stereocenters. The Labute approximate surface area is 222 Å². The van der Waals surface area contributed by atoms with Gasteiger partial charge in [0.1, 0.15) is 17.7 Å². The third-order valence-corrected chi connectivity index (χ3v) is 7.10. The molecule has 0 unspecified atom stereocenters. The van der Waals surface area contributed by atoms with Gasteiger partial charge in [-0.15, -0.1) is 10.2 Å². The Bertz CT molecular complexity index is 1370. The second-order valence-electron chi connectivity index (χ2n) is 7.76. The number of hydrogen-bond donors (Lipinski definition) is 0. The lowest BCUT2D eigenvalue weighted by Gasteiger charge is -2.17. The van der Waals surface area contributed by atoms with Crippen LogP contribution in [0.2, 0.25) is 10.0 Å². The standard InChI is InChI=1S/C25H22Cl2N4O4S/c1-16-28-29-25(31(16)20-6-4-3-5-7-20)36-24(14-30(32)33)17-9-11-22(23(12-17)34-2)35-15-18-8-10-19(26)13-21(18)27/h3-13,24H,14-15H2,1-2H3/t24-/m1/s1. The monoisotopic (exact) mass is 544 g/mol. The number of aromatic nitrogens is 3. The molecule has 3 aromatic carbocycles. The van der Waals surface area contributed by atoms with Crippen LogP contribution in [0.1, 0.15) is 22.2 Å². The quantitative estimate of drug-likeness (QED) is 0.126. The summed E-state index contributed by atoms with van der Waals surface area (Å²) in [6.07, 6.45) is 0. The Morgan fingerprint density at radius 3 is 2.53 bits per heavy atom. The van der Waals surface area contributed by atoms with Crippen molar-refractivity contribution in [3.63, 3.8) is 0 Å². The van der Waals surface area contributed by atoms with Crippen molar-refractivity contribution in [2.24, 2.45) is 0 Å². The normalized spacial score (nSPS) is 11.8. The van der Waals surface area contributed by atoms with Crippen molar-refractivity contribution < 1.29 is 14.4 Å². The molecular formula is C25H22Cl2N4O4S. The van der Waals surface area contributed by atoms with Crippen molar-refractivity contribution in [2.75, 3.05) is 13.7 Å². The van der Waals surface area contributed by atoms with Crippen LogP contribution in [0.3, 0.4) is 0 Å². The van der Waals surface area contributed by atoms with Crippen molar-refractivity contribution in [1.82, 2.24) is 14.8 Å². The average molecular weight is 545 g/mol. The molecule has 8 nitrogen and oxygen atoms in total. The van der Waals surface area contributed by atoms with Crippen LogP contribution in [-0.2, 0) is 6.61 Å². The van der Waals surface area contributed by atoms with Crippen LogP contribution in [-0.4, -0.2) is 33.3 Å². The highest BCUT2D eigenvalue weighted by Gasteiger charge is 2.25. The van der Waals surface area contributed by atoms with E-state index in [0.717, 1.165) is 11.3 Å². The van der Waals surface area contributed by atoms with Crippen molar-refractivity contribution in [3.05, 3.63) is 104 Å². The van der Waals surface area contributed by atoms with Crippen molar-refractivity contribution in [2.45, 2.75) is 23.9 Å². The first-order chi connectivity index (χ1) is 17.4. The zero-order valence-electron chi connectivity index (χ0n) is 19.4. The number of thioether (sulfide) groups is 1. The van der Waals surface area contributed by atoms with E-state index in [1.807, 2.05) is 41.8 Å². The number of hydrogen-bond acceptors (Lipinski definition) is 7. The van der Waals surface area contributed by atoms with Gasteiger partial charge in [0, 0.05) is 26.2 Å². The summed E-state index contributed by atoms with van der Waals surface area (Å²) in [7, 11) is 1.52. The van der Waals surface area contributed by atoms with E-state index in [4.69, 9.17) is 32.7 Å². The minimum atomic E-state index is -0.542. The van der Waals surface area contributed by atoms with E-state index in [2.05, 4.69) is 10.2 Å². The Hall–Kier alpha value is -3.27. The predicted octanol–water partition coefficient (Wildman–Crippen LogP) is 6.58. The largest absolute Gasteiger partial charge is 0.493 e. The number of halogens is 2. The Balaban J connectivity index is 1.60. The van der Waals surface area contributed by atoms with Crippen LogP contribution < -0.4 is 9.47 Å². The molecule has 0 spiro atoms. The van der Waals surface area contributed by atoms with Gasteiger partial charge in [0.15, 0.2) is 16.7 Å². The van der Waals surface area contributed by atoms with Gasteiger partial charge in [-0.3, -0.25) is 14.7 Å². The van der Waals surface area contributed by atoms with Crippen LogP contribution in [0, 0.1) is 17.0 Å². The first kappa shape index (κ1) is 25.8. The first-order valence-electron chi connectivity index (χ1n) is 10.9. The zero-order valence-corrected chi connectivity index (χ0v) is 21.8. The van der Waals surface area contributed by atoms with Gasteiger partial charge in [0.25, 0.3) is 0 Å². The molecule has 0 aliphatic heterocycles. The van der Waals surface area contributed by atoms with Gasteiger partial charge in [-0.05, 0) is 48.9 Å². The lowest BCUT2D eigenvalue weighted by Crippen LogP contribution is -2.11. The van der Waals surface area contributed by atoms with E-state index in [0.29, 0.717) is 38.1 Å². The number of methoxy groups -OCH3 is 1. The van der Waals surface area contributed by atoms with Crippen molar-refractivity contribution in [1.29, 1.82) is 0 Å². The predicted molar refractivity (Wildman–Crippen MR) is 140 cm³/mol. The number of benzene rings is 3. The van der Waals surface area contributed by atoms with Crippen molar-refractivity contribution >= 4 is 35.0 Å². The molecule has 0 fully saturated rings. The van der Waals surface area contributed by atoms with E-state index in [1.165, 1.54) is 18.9 Å². The number of para-hydroxylation sites is 1. The molecule has 11 heteroatoms. The number of nitro groups is 1. The van der Waals surface area contributed by atoms with Crippen LogP contribution in [0.25, 0.3) is 5.69 Å². The van der Waals surface area contributed by atoms with Gasteiger partial charge in [-0.1, -0.05) is 65.3 Å². The van der Waals surface area contributed by atoms with E-state index in [1.54, 1.807) is 36.4 Å². The SMILES string of the molecule is COc1cc([C@@H](C[N+](=O)[O-])Sc2nnc(C)n2-c2ccccc2)ccc1OCc1ccc(Cl)cc1Cl. The van der Waals surface area contributed by atoms with Gasteiger partial charge in [0.05, 0.1) is 7.11 Å². The van der Waals surface area contributed by atoms with Crippen LogP contribution in [0.15, 0.2) is 71.9 Å². The van der Waals surface area contributed by atoms with Gasteiger partial charge in [0.2, 0.25) is 6.54 Å². The molecule has 36 heavy (non-hydrogen) atoms. The van der Waals surface area contributed by atoms with Gasteiger partial charge >= 0.3 is 0 Å². The minimum Gasteiger partial charge on any atom is -0.493 e. The highest BCUT2D eigenvalue weighted by atomic mass is 35.5. The molecule has 1 heterocycles. The topological polar surface area (TPSA) is 92.3 Å². The Morgan fingerprint density at radius 2 is 1.83 bits per heavy atom. The average Bonchev–Trinajstić information content (AvgIpc) is 3.23. The Morgan fingerprint density at radius 1 is 1.06 bits per heavy atom. The molecule has 0 radical (unpaired) electrons. The highest BCUT2D eigenvalue weighted by Crippen LogP contribution is 2.39. The molecule has 0 saturated heterocycles. The maximum atomic E-state index is 11.5. The van der Waals surface area contributed by atoms with E-state index in [-0.39, 0.29) is 18.1 Å². The molecular weight excluding hydrogens is 523 g/mol. The first-order valence-corrected chi connectivity index (χ1v) is 12.5. The molecule has 0 aliphatic carbocycles. The van der Waals surface area contributed by atoms with E-state index < -0.39 is 5.25 Å². The molecule has 186 valence electrons. The number of ether oxygens (including phenoxy) is 2. The third-order valence-electron chi connectivity index (χ3n) is 5.33. The number of rotatable bonds is 10. The maximum absolute atomic E-state index is 11.5. The lowest BCUT2D eigenvalue weighted by atomic mass is 10.1. The maximum Gasteiger partial charge on any atom is 0.220 e. The molecule has 0 aliphatic rings. The van der Waals surface area contributed by atoms with Gasteiger partial charge < -0.3 is 9.47 Å². The summed E-state index contributed by atoms with van der Waals surface area (Å²) < 4.78 is 13.3. The van der Waals surface area contributed by atoms with Gasteiger partial charge in [-0.25, -0.2) is 0 Å². The van der Waals surface area contributed by atoms with Crippen LogP contribution in [0.4, 0.5) is 0 Å². The Kier molecular flexibility index (Phi) is 8.35. The molecule has 4 aromatic rings. The van der Waals surface area contributed by atoms with E-state index in [9.17, 15) is 10.1 Å². The summed E-state index contributed by atoms with van der Waals surface area (Å²) in [6, 6.07) is 20.1. The van der Waals surface area contributed by atoms with Crippen LogP contribution in [0.5, 0.6) is 11.5 Å². The highest BCUT2D eigenvalue weighted by molar-refractivity contribution is 7.99. The second kappa shape index (κ2) is 11.6. The summed E-state index contributed by atoms with van der Waals surface area (Å²) in [5, 5.41) is 21.1. The van der Waals surface area contributed by atoms with Crippen LogP contribution >= 0.6 is 35.0 Å². The second-order valence-corrected chi connectivity index (χ2v) is 9.77. The van der Waals surface area contributed by atoms with E-state index >= 15 is 0 Å². The number of nitrogens with zero attached hydrogens (tertiary/aromatic N) is 4. The molecule has 0 amide bonds. The summed E-state index contributed by atoms with van der Waals surface area (Å²) in [5.41, 5.74) is 2.35. The van der Waals surface area contributed by atoms with Gasteiger partial charge in [-0.2, -0.15) is 0 Å². The fourth-order valence-corrected chi connectivity index (χ4v) is 5.19. The minimum absolute atomic E-state index is 0.207. The third kappa shape index (κ3) is 6.10. The smallest absolute Gasteiger partial charge is 0.220 e. The summed E-state index contributed by atoms with van der Waals surface area (Å²) >= 11 is 13.5. The van der Waals surface area contributed by atoms with Crippen molar-refractivity contribution in [3.8, 4) is 17.2 Å². The fraction of sp³-hybridized carbons (Fsp3) is 0.200. The zero-order chi connectivity index (χ0) is 25.7. The summed E-state index contributed by atoms with van der Waals surface area (Å²) in [6.45, 7) is 1.74.